The number of carbonyl (C=O) groups is 1. The molecule has 0 bridgehead atoms. The minimum absolute atomic E-state index is 0.833. The van der Waals surface area contributed by atoms with Crippen molar-refractivity contribution in [3.8, 4) is 0 Å². The third kappa shape index (κ3) is 30.5. The molecule has 0 saturated heterocycles. The molecule has 1 N–H and O–H groups in total. The minimum Gasteiger partial charge on any atom is -0.481 e. The molecule has 0 rings (SSSR count). The standard InChI is InChI=1S/C15H32O.C2H4O2/c1-3-5-6-7-8-9-10-11-12-13-14-15-16-4-2;1-2(3)4/h3-15H2,1-2H3;1H3,(H,3,4). The van der Waals surface area contributed by atoms with E-state index in [1.165, 1.54) is 70.6 Å². The Morgan fingerprint density at radius 3 is 1.50 bits per heavy atom. The molecule has 0 aromatic carbocycles. The predicted molar refractivity (Wildman–Crippen MR) is 86.3 cm³/mol. The van der Waals surface area contributed by atoms with Gasteiger partial charge in [-0.15, -0.1) is 0 Å². The van der Waals surface area contributed by atoms with Crippen LogP contribution >= 0.6 is 0 Å². The summed E-state index contributed by atoms with van der Waals surface area (Å²) in [6, 6.07) is 0. The highest BCUT2D eigenvalue weighted by Gasteiger charge is 1.92. The molecule has 0 amide bonds. The summed E-state index contributed by atoms with van der Waals surface area (Å²) in [5.74, 6) is -0.833. The molecule has 0 saturated carbocycles. The second kappa shape index (κ2) is 20.7. The van der Waals surface area contributed by atoms with Crippen molar-refractivity contribution in [3.63, 3.8) is 0 Å². The fourth-order valence-corrected chi connectivity index (χ4v) is 2.01. The SMILES string of the molecule is CC(=O)O.CCCCCCCCCCCCCOCC. The van der Waals surface area contributed by atoms with Crippen LogP contribution in [0.4, 0.5) is 0 Å². The van der Waals surface area contributed by atoms with Gasteiger partial charge in [-0.3, -0.25) is 4.79 Å². The van der Waals surface area contributed by atoms with Crippen LogP contribution in [0.2, 0.25) is 0 Å². The van der Waals surface area contributed by atoms with Gasteiger partial charge in [-0.2, -0.15) is 0 Å². The molecule has 0 fully saturated rings. The van der Waals surface area contributed by atoms with E-state index in [9.17, 15) is 0 Å². The maximum Gasteiger partial charge on any atom is 0.300 e. The Labute approximate surface area is 126 Å². The van der Waals surface area contributed by atoms with Crippen LogP contribution in [0.5, 0.6) is 0 Å². The van der Waals surface area contributed by atoms with Crippen molar-refractivity contribution in [1.29, 1.82) is 0 Å². The molecule has 0 aliphatic rings. The van der Waals surface area contributed by atoms with Crippen molar-refractivity contribution < 1.29 is 14.6 Å². The fourth-order valence-electron chi connectivity index (χ4n) is 2.01. The second-order valence-electron chi connectivity index (χ2n) is 5.25. The van der Waals surface area contributed by atoms with E-state index in [1.54, 1.807) is 0 Å². The number of carboxylic acid groups (broad SMARTS) is 1. The summed E-state index contributed by atoms with van der Waals surface area (Å²) in [6.07, 6.45) is 15.5. The second-order valence-corrected chi connectivity index (χ2v) is 5.25. The lowest BCUT2D eigenvalue weighted by atomic mass is 10.1. The lowest BCUT2D eigenvalue weighted by Crippen LogP contribution is -1.92. The average molecular weight is 288 g/mol. The summed E-state index contributed by atoms with van der Waals surface area (Å²) < 4.78 is 5.32. The molecule has 0 spiro atoms. The summed E-state index contributed by atoms with van der Waals surface area (Å²) in [5.41, 5.74) is 0. The Kier molecular flexibility index (Phi) is 22.5. The quantitative estimate of drug-likeness (QED) is 0.460. The van der Waals surface area contributed by atoms with Crippen molar-refractivity contribution in [3.05, 3.63) is 0 Å². The maximum absolute atomic E-state index is 9.00. The van der Waals surface area contributed by atoms with E-state index in [0.29, 0.717) is 0 Å². The highest BCUT2D eigenvalue weighted by Crippen LogP contribution is 2.11. The molecule has 0 atom stereocenters. The molecular formula is C17H36O3. The van der Waals surface area contributed by atoms with Gasteiger partial charge in [0.15, 0.2) is 0 Å². The molecule has 3 nitrogen and oxygen atoms in total. The number of hydrogen-bond acceptors (Lipinski definition) is 2. The Morgan fingerprint density at radius 2 is 1.15 bits per heavy atom. The van der Waals surface area contributed by atoms with Crippen molar-refractivity contribution in [2.24, 2.45) is 0 Å². The highest BCUT2D eigenvalue weighted by atomic mass is 16.5. The lowest BCUT2D eigenvalue weighted by molar-refractivity contribution is -0.134. The molecule has 0 aliphatic carbocycles. The van der Waals surface area contributed by atoms with Gasteiger partial charge >= 0.3 is 0 Å². The van der Waals surface area contributed by atoms with Gasteiger partial charge in [-0.25, -0.2) is 0 Å². The van der Waals surface area contributed by atoms with Gasteiger partial charge in [0, 0.05) is 20.1 Å². The molecule has 20 heavy (non-hydrogen) atoms. The Balaban J connectivity index is 0. The Bertz CT molecular complexity index is 163. The van der Waals surface area contributed by atoms with E-state index in [4.69, 9.17) is 14.6 Å². The molecule has 0 radical (unpaired) electrons. The van der Waals surface area contributed by atoms with Crippen LogP contribution in [-0.4, -0.2) is 24.3 Å². The summed E-state index contributed by atoms with van der Waals surface area (Å²) in [7, 11) is 0. The third-order valence-corrected chi connectivity index (χ3v) is 3.10. The largest absolute Gasteiger partial charge is 0.481 e. The summed E-state index contributed by atoms with van der Waals surface area (Å²) in [5, 5.41) is 7.42. The number of unbranched alkanes of at least 4 members (excludes halogenated alkanes) is 10. The van der Waals surface area contributed by atoms with Crippen molar-refractivity contribution in [1.82, 2.24) is 0 Å². The van der Waals surface area contributed by atoms with Gasteiger partial charge in [-0.1, -0.05) is 71.1 Å². The first-order chi connectivity index (χ1) is 9.65. The molecule has 0 heterocycles. The monoisotopic (exact) mass is 288 g/mol. The third-order valence-electron chi connectivity index (χ3n) is 3.10. The van der Waals surface area contributed by atoms with Crippen LogP contribution in [0, 0.1) is 0 Å². The number of rotatable bonds is 13. The topological polar surface area (TPSA) is 46.5 Å². The number of ether oxygens (including phenoxy) is 1. The van der Waals surface area contributed by atoms with Gasteiger partial charge in [-0.05, 0) is 13.3 Å². The smallest absolute Gasteiger partial charge is 0.300 e. The average Bonchev–Trinajstić information content (AvgIpc) is 2.39. The van der Waals surface area contributed by atoms with Crippen LogP contribution in [-0.2, 0) is 9.53 Å². The van der Waals surface area contributed by atoms with Gasteiger partial charge in [0.1, 0.15) is 0 Å². The van der Waals surface area contributed by atoms with Gasteiger partial charge in [0.2, 0.25) is 0 Å². The molecule has 0 aliphatic heterocycles. The van der Waals surface area contributed by atoms with Gasteiger partial charge in [0.05, 0.1) is 0 Å². The first-order valence-electron chi connectivity index (χ1n) is 8.42. The first-order valence-corrected chi connectivity index (χ1v) is 8.42. The van der Waals surface area contributed by atoms with E-state index in [-0.39, 0.29) is 0 Å². The van der Waals surface area contributed by atoms with Crippen LogP contribution in [0.1, 0.15) is 91.4 Å². The summed E-state index contributed by atoms with van der Waals surface area (Å²) in [4.78, 5) is 9.00. The minimum atomic E-state index is -0.833. The van der Waals surface area contributed by atoms with Crippen LogP contribution in [0.15, 0.2) is 0 Å². The van der Waals surface area contributed by atoms with Crippen LogP contribution in [0.3, 0.4) is 0 Å². The lowest BCUT2D eigenvalue weighted by Gasteiger charge is -2.02. The number of carboxylic acids is 1. The molecule has 122 valence electrons. The molecule has 0 aromatic heterocycles. The van der Waals surface area contributed by atoms with Crippen molar-refractivity contribution in [2.75, 3.05) is 13.2 Å². The van der Waals surface area contributed by atoms with Gasteiger partial charge < -0.3 is 9.84 Å². The molecular weight excluding hydrogens is 252 g/mol. The molecule has 3 heteroatoms. The first kappa shape index (κ1) is 21.7. The Morgan fingerprint density at radius 1 is 0.800 bits per heavy atom. The Hall–Kier alpha value is -0.570. The number of aliphatic carboxylic acids is 1. The zero-order chi connectivity index (χ0) is 15.5. The highest BCUT2D eigenvalue weighted by molar-refractivity contribution is 5.62. The van der Waals surface area contributed by atoms with Crippen LogP contribution < -0.4 is 0 Å². The van der Waals surface area contributed by atoms with E-state index in [2.05, 4.69) is 13.8 Å². The molecule has 0 aromatic rings. The molecule has 0 unspecified atom stereocenters. The van der Waals surface area contributed by atoms with Gasteiger partial charge in [0.25, 0.3) is 5.97 Å². The summed E-state index contributed by atoms with van der Waals surface area (Å²) in [6.45, 7) is 7.27. The van der Waals surface area contributed by atoms with Crippen LogP contribution in [0.25, 0.3) is 0 Å². The van der Waals surface area contributed by atoms with Crippen molar-refractivity contribution in [2.45, 2.75) is 91.4 Å². The zero-order valence-corrected chi connectivity index (χ0v) is 14.0. The van der Waals surface area contributed by atoms with Crippen molar-refractivity contribution >= 4 is 5.97 Å². The van der Waals surface area contributed by atoms with E-state index in [0.717, 1.165) is 20.1 Å². The summed E-state index contributed by atoms with van der Waals surface area (Å²) >= 11 is 0. The van der Waals surface area contributed by atoms with E-state index < -0.39 is 5.97 Å². The number of hydrogen-bond donors (Lipinski definition) is 1. The zero-order valence-electron chi connectivity index (χ0n) is 14.0. The van der Waals surface area contributed by atoms with E-state index >= 15 is 0 Å². The predicted octanol–water partition coefficient (Wildman–Crippen LogP) is 5.42. The maximum atomic E-state index is 9.00. The fraction of sp³-hybridized carbons (Fsp3) is 0.941. The van der Waals surface area contributed by atoms with E-state index in [1.807, 2.05) is 0 Å². The normalized spacial score (nSPS) is 9.95.